The number of hydrogen-bond donors (Lipinski definition) is 7. The monoisotopic (exact) mass is 545 g/mol. The first-order valence-corrected chi connectivity index (χ1v) is 12.4. The van der Waals surface area contributed by atoms with Gasteiger partial charge >= 0.3 is 17.9 Å². The average Bonchev–Trinajstić information content (AvgIpc) is 3.52. The van der Waals surface area contributed by atoms with Crippen LogP contribution in [0.4, 0.5) is 0 Å². The fraction of sp³-hybridized carbons (Fsp3) is 0.440. The molecule has 0 aliphatic carbocycles. The van der Waals surface area contributed by atoms with E-state index in [0.29, 0.717) is 12.0 Å². The van der Waals surface area contributed by atoms with Crippen LogP contribution in [0.3, 0.4) is 0 Å². The predicted molar refractivity (Wildman–Crippen MR) is 135 cm³/mol. The van der Waals surface area contributed by atoms with Gasteiger partial charge in [0.1, 0.15) is 18.1 Å². The van der Waals surface area contributed by atoms with E-state index in [1.807, 2.05) is 24.3 Å². The summed E-state index contributed by atoms with van der Waals surface area (Å²) in [5, 5.41) is 32.9. The topological polar surface area (TPSA) is 232 Å². The summed E-state index contributed by atoms with van der Waals surface area (Å²) in [5.74, 6) is -6.13. The Bertz CT molecular complexity index is 1260. The van der Waals surface area contributed by atoms with Gasteiger partial charge in [-0.2, -0.15) is 0 Å². The highest BCUT2D eigenvalue weighted by atomic mass is 16.4. The van der Waals surface area contributed by atoms with Gasteiger partial charge < -0.3 is 41.6 Å². The highest BCUT2D eigenvalue weighted by Gasteiger charge is 2.39. The van der Waals surface area contributed by atoms with Crippen molar-refractivity contribution < 1.29 is 44.1 Å². The molecule has 8 N–H and O–H groups in total. The third-order valence-corrected chi connectivity index (χ3v) is 6.54. The molecule has 4 atom stereocenters. The van der Waals surface area contributed by atoms with Crippen LogP contribution in [-0.4, -0.2) is 91.5 Å². The number of carboxylic acids is 3. The van der Waals surface area contributed by atoms with Crippen LogP contribution in [0, 0.1) is 0 Å². The first kappa shape index (κ1) is 29.1. The van der Waals surface area contributed by atoms with Crippen LogP contribution in [-0.2, 0) is 35.2 Å². The van der Waals surface area contributed by atoms with E-state index in [2.05, 4.69) is 15.6 Å². The number of carboxylic acid groups (broad SMARTS) is 3. The molecule has 1 aromatic heterocycles. The predicted octanol–water partition coefficient (Wildman–Crippen LogP) is -0.578. The van der Waals surface area contributed by atoms with Gasteiger partial charge in [-0.25, -0.2) is 4.79 Å². The molecule has 0 saturated carbocycles. The Labute approximate surface area is 222 Å². The first-order chi connectivity index (χ1) is 18.5. The van der Waals surface area contributed by atoms with Gasteiger partial charge in [0.05, 0.1) is 12.5 Å². The van der Waals surface area contributed by atoms with E-state index in [4.69, 9.17) is 15.9 Å². The number of benzene rings is 1. The number of para-hydroxylation sites is 1. The summed E-state index contributed by atoms with van der Waals surface area (Å²) < 4.78 is 0. The number of nitrogens with one attached hydrogen (secondary N) is 3. The summed E-state index contributed by atoms with van der Waals surface area (Å²) in [4.78, 5) is 77.1. The van der Waals surface area contributed by atoms with Gasteiger partial charge in [-0.3, -0.25) is 24.0 Å². The number of nitrogens with zero attached hydrogens (tertiary/aromatic N) is 1. The van der Waals surface area contributed by atoms with Gasteiger partial charge in [0.15, 0.2) is 0 Å². The Balaban J connectivity index is 1.82. The molecule has 3 rings (SSSR count). The fourth-order valence-corrected chi connectivity index (χ4v) is 4.58. The zero-order valence-corrected chi connectivity index (χ0v) is 21.0. The number of likely N-dealkylation sites (tertiary alicyclic amines) is 1. The molecule has 1 fully saturated rings. The smallest absolute Gasteiger partial charge is 0.326 e. The van der Waals surface area contributed by atoms with E-state index >= 15 is 0 Å². The SMILES string of the molecule is NC(CC(=O)O)C(=O)NC(Cc1c[nH]c2ccccc12)C(=O)N1CCCC1C(=O)NC(CCC(=O)O)C(=O)O. The molecule has 1 saturated heterocycles. The van der Waals surface area contributed by atoms with Crippen LogP contribution < -0.4 is 16.4 Å². The Morgan fingerprint density at radius 2 is 1.74 bits per heavy atom. The third-order valence-electron chi connectivity index (χ3n) is 6.54. The second-order valence-corrected chi connectivity index (χ2v) is 9.35. The maximum absolute atomic E-state index is 13.7. The van der Waals surface area contributed by atoms with Crippen molar-refractivity contribution in [1.29, 1.82) is 0 Å². The molecular weight excluding hydrogens is 514 g/mol. The number of H-pyrrole nitrogens is 1. The third kappa shape index (κ3) is 7.54. The maximum atomic E-state index is 13.7. The minimum absolute atomic E-state index is 0.00950. The number of nitrogens with two attached hydrogens (primary N) is 1. The maximum Gasteiger partial charge on any atom is 0.326 e. The lowest BCUT2D eigenvalue weighted by Gasteiger charge is -2.30. The summed E-state index contributed by atoms with van der Waals surface area (Å²) >= 11 is 0. The van der Waals surface area contributed by atoms with E-state index < -0.39 is 72.6 Å². The summed E-state index contributed by atoms with van der Waals surface area (Å²) in [6.07, 6.45) is 0.898. The van der Waals surface area contributed by atoms with E-state index in [1.54, 1.807) is 6.20 Å². The molecule has 3 amide bonds. The Morgan fingerprint density at radius 3 is 2.41 bits per heavy atom. The van der Waals surface area contributed by atoms with Crippen molar-refractivity contribution in [1.82, 2.24) is 20.5 Å². The molecule has 14 heteroatoms. The van der Waals surface area contributed by atoms with Crippen LogP contribution in [0.2, 0.25) is 0 Å². The molecule has 0 bridgehead atoms. The number of hydrogen-bond acceptors (Lipinski definition) is 7. The second-order valence-electron chi connectivity index (χ2n) is 9.35. The minimum Gasteiger partial charge on any atom is -0.481 e. The second kappa shape index (κ2) is 12.9. The number of rotatable bonds is 13. The van der Waals surface area contributed by atoms with Gasteiger partial charge in [-0.05, 0) is 30.9 Å². The quantitative estimate of drug-likeness (QED) is 0.169. The number of amides is 3. The normalized spacial score (nSPS) is 17.3. The molecule has 2 aromatic rings. The summed E-state index contributed by atoms with van der Waals surface area (Å²) in [6.45, 7) is 0.158. The van der Waals surface area contributed by atoms with Crippen molar-refractivity contribution >= 4 is 46.5 Å². The molecule has 1 aliphatic heterocycles. The summed E-state index contributed by atoms with van der Waals surface area (Å²) in [5.41, 5.74) is 7.20. The minimum atomic E-state index is -1.46. The fourth-order valence-electron chi connectivity index (χ4n) is 4.58. The lowest BCUT2D eigenvalue weighted by Crippen LogP contribution is -2.57. The number of aromatic nitrogens is 1. The molecular formula is C25H31N5O9. The molecule has 39 heavy (non-hydrogen) atoms. The Morgan fingerprint density at radius 1 is 1.03 bits per heavy atom. The highest BCUT2D eigenvalue weighted by Crippen LogP contribution is 2.23. The lowest BCUT2D eigenvalue weighted by molar-refractivity contribution is -0.145. The van der Waals surface area contributed by atoms with Crippen LogP contribution in [0.1, 0.15) is 37.7 Å². The van der Waals surface area contributed by atoms with E-state index in [9.17, 15) is 33.9 Å². The lowest BCUT2D eigenvalue weighted by atomic mass is 10.0. The average molecular weight is 546 g/mol. The van der Waals surface area contributed by atoms with Crippen molar-refractivity contribution in [3.63, 3.8) is 0 Å². The largest absolute Gasteiger partial charge is 0.481 e. The zero-order chi connectivity index (χ0) is 28.7. The number of aromatic amines is 1. The van der Waals surface area contributed by atoms with Crippen LogP contribution >= 0.6 is 0 Å². The van der Waals surface area contributed by atoms with Gasteiger partial charge in [-0.15, -0.1) is 0 Å². The number of fused-ring (bicyclic) bond motifs is 1. The zero-order valence-electron chi connectivity index (χ0n) is 21.0. The summed E-state index contributed by atoms with van der Waals surface area (Å²) in [6, 6.07) is 2.18. The van der Waals surface area contributed by atoms with Gasteiger partial charge in [-0.1, -0.05) is 18.2 Å². The van der Waals surface area contributed by atoms with E-state index in [1.165, 1.54) is 4.90 Å². The standard InChI is InChI=1S/C25H31N5O9/c26-15(11-21(33)34)22(35)29-18(10-13-12-27-16-5-2-1-4-14(13)16)24(37)30-9-3-6-19(30)23(36)28-17(25(38)39)7-8-20(31)32/h1-2,4-5,12,15,17-19,27H,3,6-11,26H2,(H,28,36)(H,29,35)(H,31,32)(H,33,34)(H,38,39). The number of carbonyl (C=O) groups is 6. The van der Waals surface area contributed by atoms with E-state index in [0.717, 1.165) is 10.9 Å². The molecule has 1 aromatic carbocycles. The van der Waals surface area contributed by atoms with Crippen LogP contribution in [0.15, 0.2) is 30.5 Å². The van der Waals surface area contributed by atoms with Crippen molar-refractivity contribution in [2.45, 2.75) is 62.7 Å². The number of carbonyl (C=O) groups excluding carboxylic acids is 3. The van der Waals surface area contributed by atoms with Gasteiger partial charge in [0, 0.05) is 36.5 Å². The molecule has 0 spiro atoms. The Kier molecular flexibility index (Phi) is 9.60. The molecule has 0 radical (unpaired) electrons. The molecule has 4 unspecified atom stereocenters. The molecule has 210 valence electrons. The molecule has 1 aliphatic rings. The van der Waals surface area contributed by atoms with Crippen molar-refractivity contribution in [2.24, 2.45) is 5.73 Å². The van der Waals surface area contributed by atoms with Crippen molar-refractivity contribution in [3.05, 3.63) is 36.0 Å². The van der Waals surface area contributed by atoms with Gasteiger partial charge in [0.25, 0.3) is 0 Å². The van der Waals surface area contributed by atoms with Crippen LogP contribution in [0.5, 0.6) is 0 Å². The molecule has 14 nitrogen and oxygen atoms in total. The summed E-state index contributed by atoms with van der Waals surface area (Å²) in [7, 11) is 0. The highest BCUT2D eigenvalue weighted by molar-refractivity contribution is 5.96. The van der Waals surface area contributed by atoms with Crippen molar-refractivity contribution in [3.8, 4) is 0 Å². The Hall–Kier alpha value is -4.46. The van der Waals surface area contributed by atoms with Crippen molar-refractivity contribution in [2.75, 3.05) is 6.54 Å². The van der Waals surface area contributed by atoms with E-state index in [-0.39, 0.29) is 25.8 Å². The van der Waals surface area contributed by atoms with Gasteiger partial charge in [0.2, 0.25) is 17.7 Å². The number of aliphatic carboxylic acids is 3. The molecule has 2 heterocycles. The van der Waals surface area contributed by atoms with Crippen LogP contribution in [0.25, 0.3) is 10.9 Å². The first-order valence-electron chi connectivity index (χ1n) is 12.4.